The van der Waals surface area contributed by atoms with Crippen LogP contribution in [0.4, 0.5) is 0 Å². The highest BCUT2D eigenvalue weighted by Gasteiger charge is 2.34. The van der Waals surface area contributed by atoms with E-state index in [2.05, 4.69) is 24.1 Å². The molecular formula is C19H36N2. The Morgan fingerprint density at radius 3 is 2.62 bits per heavy atom. The number of hydrogen-bond donors (Lipinski definition) is 1. The van der Waals surface area contributed by atoms with Gasteiger partial charge in [-0.1, -0.05) is 33.1 Å². The summed E-state index contributed by atoms with van der Waals surface area (Å²) in [4.78, 5) is 2.83. The average molecular weight is 293 g/mol. The van der Waals surface area contributed by atoms with Crippen LogP contribution in [0.2, 0.25) is 0 Å². The maximum absolute atomic E-state index is 3.77. The first kappa shape index (κ1) is 15.8. The Hall–Kier alpha value is -0.0800. The van der Waals surface area contributed by atoms with Crippen molar-refractivity contribution < 1.29 is 0 Å². The summed E-state index contributed by atoms with van der Waals surface area (Å²) in [7, 11) is 0. The molecule has 0 bridgehead atoms. The van der Waals surface area contributed by atoms with Crippen molar-refractivity contribution in [2.75, 3.05) is 26.2 Å². The molecule has 1 N–H and O–H groups in total. The monoisotopic (exact) mass is 292 g/mol. The maximum Gasteiger partial charge on any atom is 0.0108 e. The summed E-state index contributed by atoms with van der Waals surface area (Å²) in [5.74, 6) is 3.95. The summed E-state index contributed by atoms with van der Waals surface area (Å²) in [6.45, 7) is 10.0. The lowest BCUT2D eigenvalue weighted by molar-refractivity contribution is 0.0591. The Bertz CT molecular complexity index is 317. The summed E-state index contributed by atoms with van der Waals surface area (Å²) >= 11 is 0. The molecule has 2 heteroatoms. The molecule has 5 atom stereocenters. The zero-order valence-corrected chi connectivity index (χ0v) is 14.3. The van der Waals surface area contributed by atoms with Crippen LogP contribution in [-0.4, -0.2) is 37.1 Å². The van der Waals surface area contributed by atoms with Gasteiger partial charge in [-0.3, -0.25) is 0 Å². The van der Waals surface area contributed by atoms with Gasteiger partial charge in [0.2, 0.25) is 0 Å². The van der Waals surface area contributed by atoms with E-state index in [0.717, 1.165) is 36.3 Å². The normalized spacial score (nSPS) is 41.7. The second-order valence-electron chi connectivity index (χ2n) is 8.20. The lowest BCUT2D eigenvalue weighted by Gasteiger charge is -2.44. The summed E-state index contributed by atoms with van der Waals surface area (Å²) < 4.78 is 0. The Labute approximate surface area is 132 Å². The first-order valence-corrected chi connectivity index (χ1v) is 9.72. The smallest absolute Gasteiger partial charge is 0.0108 e. The van der Waals surface area contributed by atoms with Crippen LogP contribution in [-0.2, 0) is 0 Å². The molecule has 1 heterocycles. The summed E-state index contributed by atoms with van der Waals surface area (Å²) in [6, 6.07) is 0.787. The summed E-state index contributed by atoms with van der Waals surface area (Å²) in [6.07, 6.45) is 11.8. The Morgan fingerprint density at radius 2 is 1.81 bits per heavy atom. The molecule has 0 aromatic carbocycles. The van der Waals surface area contributed by atoms with Crippen molar-refractivity contribution in [2.45, 2.75) is 71.3 Å². The summed E-state index contributed by atoms with van der Waals surface area (Å²) in [5.41, 5.74) is 0. The van der Waals surface area contributed by atoms with Crippen molar-refractivity contribution in [1.29, 1.82) is 0 Å². The number of hydrogen-bond acceptors (Lipinski definition) is 2. The van der Waals surface area contributed by atoms with Gasteiger partial charge < -0.3 is 10.2 Å². The molecule has 0 aromatic heterocycles. The van der Waals surface area contributed by atoms with Gasteiger partial charge in [0, 0.05) is 19.1 Å². The van der Waals surface area contributed by atoms with Crippen molar-refractivity contribution in [2.24, 2.45) is 23.7 Å². The van der Waals surface area contributed by atoms with Crippen LogP contribution in [0.25, 0.3) is 0 Å². The highest BCUT2D eigenvalue weighted by atomic mass is 15.1. The third-order valence-electron chi connectivity index (χ3n) is 6.58. The van der Waals surface area contributed by atoms with E-state index in [-0.39, 0.29) is 0 Å². The number of piperidine rings is 1. The van der Waals surface area contributed by atoms with E-state index < -0.39 is 0 Å². The van der Waals surface area contributed by atoms with Gasteiger partial charge in [-0.15, -0.1) is 0 Å². The molecule has 3 rings (SSSR count). The quantitative estimate of drug-likeness (QED) is 0.845. The highest BCUT2D eigenvalue weighted by Crippen LogP contribution is 2.37. The molecule has 3 fully saturated rings. The van der Waals surface area contributed by atoms with Crippen molar-refractivity contribution in [3.8, 4) is 0 Å². The van der Waals surface area contributed by atoms with Gasteiger partial charge in [0.15, 0.2) is 0 Å². The third kappa shape index (κ3) is 4.01. The van der Waals surface area contributed by atoms with Crippen LogP contribution >= 0.6 is 0 Å². The van der Waals surface area contributed by atoms with Gasteiger partial charge >= 0.3 is 0 Å². The van der Waals surface area contributed by atoms with Gasteiger partial charge in [-0.05, 0) is 68.9 Å². The van der Waals surface area contributed by atoms with E-state index in [1.165, 1.54) is 71.0 Å². The molecule has 21 heavy (non-hydrogen) atoms. The number of likely N-dealkylation sites (tertiary alicyclic amines) is 1. The second-order valence-corrected chi connectivity index (χ2v) is 8.20. The predicted molar refractivity (Wildman–Crippen MR) is 90.5 cm³/mol. The van der Waals surface area contributed by atoms with E-state index in [0.29, 0.717) is 0 Å². The molecule has 2 aliphatic carbocycles. The van der Waals surface area contributed by atoms with Crippen LogP contribution in [0.3, 0.4) is 0 Å². The fraction of sp³-hybridized carbons (Fsp3) is 1.00. The molecule has 0 amide bonds. The van der Waals surface area contributed by atoms with E-state index in [1.54, 1.807) is 0 Å². The van der Waals surface area contributed by atoms with Gasteiger partial charge in [-0.25, -0.2) is 0 Å². The standard InChI is InChI=1S/C19H36N2/c1-3-20-19-9-8-15(2)12-18(19)14-21-11-10-16-6-4-5-7-17(16)13-21/h15-20H,3-14H2,1-2H3. The summed E-state index contributed by atoms with van der Waals surface area (Å²) in [5, 5.41) is 3.77. The van der Waals surface area contributed by atoms with E-state index in [4.69, 9.17) is 0 Å². The van der Waals surface area contributed by atoms with Crippen molar-refractivity contribution in [3.05, 3.63) is 0 Å². The molecule has 0 spiro atoms. The molecular weight excluding hydrogens is 256 g/mol. The molecule has 1 aliphatic heterocycles. The molecule has 2 nitrogen and oxygen atoms in total. The van der Waals surface area contributed by atoms with Crippen LogP contribution in [0.1, 0.15) is 65.2 Å². The third-order valence-corrected chi connectivity index (χ3v) is 6.58. The number of nitrogens with zero attached hydrogens (tertiary/aromatic N) is 1. The lowest BCUT2D eigenvalue weighted by atomic mass is 9.74. The van der Waals surface area contributed by atoms with Crippen molar-refractivity contribution in [3.63, 3.8) is 0 Å². The second kappa shape index (κ2) is 7.46. The fourth-order valence-electron chi connectivity index (χ4n) is 5.41. The highest BCUT2D eigenvalue weighted by molar-refractivity contribution is 4.89. The minimum atomic E-state index is 0.787. The van der Waals surface area contributed by atoms with Crippen molar-refractivity contribution >= 4 is 0 Å². The topological polar surface area (TPSA) is 15.3 Å². The predicted octanol–water partition coefficient (Wildman–Crippen LogP) is 3.91. The number of nitrogens with one attached hydrogen (secondary N) is 1. The SMILES string of the molecule is CCNC1CCC(C)CC1CN1CCC2CCCCC2C1. The Morgan fingerprint density at radius 1 is 1.00 bits per heavy atom. The molecule has 3 aliphatic rings. The van der Waals surface area contributed by atoms with Crippen LogP contribution < -0.4 is 5.32 Å². The van der Waals surface area contributed by atoms with Crippen LogP contribution in [0.15, 0.2) is 0 Å². The number of rotatable bonds is 4. The molecule has 122 valence electrons. The largest absolute Gasteiger partial charge is 0.314 e. The Balaban J connectivity index is 1.54. The van der Waals surface area contributed by atoms with Gasteiger partial charge in [0.1, 0.15) is 0 Å². The maximum atomic E-state index is 3.77. The molecule has 5 unspecified atom stereocenters. The van der Waals surface area contributed by atoms with Gasteiger partial charge in [0.25, 0.3) is 0 Å². The first-order valence-electron chi connectivity index (χ1n) is 9.72. The molecule has 1 saturated heterocycles. The fourth-order valence-corrected chi connectivity index (χ4v) is 5.41. The molecule has 0 aromatic rings. The van der Waals surface area contributed by atoms with E-state index in [9.17, 15) is 0 Å². The van der Waals surface area contributed by atoms with E-state index >= 15 is 0 Å². The van der Waals surface area contributed by atoms with Gasteiger partial charge in [-0.2, -0.15) is 0 Å². The first-order chi connectivity index (χ1) is 10.3. The van der Waals surface area contributed by atoms with Crippen LogP contribution in [0.5, 0.6) is 0 Å². The Kier molecular flexibility index (Phi) is 5.61. The number of fused-ring (bicyclic) bond motifs is 1. The minimum absolute atomic E-state index is 0.787. The minimum Gasteiger partial charge on any atom is -0.314 e. The molecule has 0 radical (unpaired) electrons. The molecule has 2 saturated carbocycles. The van der Waals surface area contributed by atoms with Gasteiger partial charge in [0.05, 0.1) is 0 Å². The van der Waals surface area contributed by atoms with Crippen molar-refractivity contribution in [1.82, 2.24) is 10.2 Å². The van der Waals surface area contributed by atoms with Crippen LogP contribution in [0, 0.1) is 23.7 Å². The van der Waals surface area contributed by atoms with E-state index in [1.807, 2.05) is 0 Å². The zero-order chi connectivity index (χ0) is 14.7. The zero-order valence-electron chi connectivity index (χ0n) is 14.3. The average Bonchev–Trinajstić information content (AvgIpc) is 2.50. The lowest BCUT2D eigenvalue weighted by Crippen LogP contribution is -2.49.